The molecule has 0 spiro atoms. The lowest BCUT2D eigenvalue weighted by atomic mass is 10.1. The van der Waals surface area contributed by atoms with Crippen molar-refractivity contribution >= 4 is 34.5 Å². The van der Waals surface area contributed by atoms with Gasteiger partial charge in [0.2, 0.25) is 0 Å². The van der Waals surface area contributed by atoms with Crippen LogP contribution in [0.1, 0.15) is 23.2 Å². The standard InChI is InChI=1S/C18H12ClF3N2O2/c19-12-3-1-11(14(20)8-12)9-24-16-7-10(18(21)22)2-4-13(16)15(23-24)5-6-17(25)26/h1-8,18H,9H2,(H,25,26)/b6-5+. The second-order valence-electron chi connectivity index (χ2n) is 5.53. The molecule has 4 nitrogen and oxygen atoms in total. The van der Waals surface area contributed by atoms with Crippen LogP contribution in [0.5, 0.6) is 0 Å². The maximum atomic E-state index is 14.1. The Morgan fingerprint density at radius 2 is 2.04 bits per heavy atom. The van der Waals surface area contributed by atoms with Crippen molar-refractivity contribution in [1.29, 1.82) is 0 Å². The molecule has 0 radical (unpaired) electrons. The highest BCUT2D eigenvalue weighted by atomic mass is 35.5. The molecule has 1 N–H and O–H groups in total. The molecule has 0 amide bonds. The number of aliphatic carboxylic acids is 1. The monoisotopic (exact) mass is 380 g/mol. The molecule has 8 heteroatoms. The molecule has 0 aliphatic carbocycles. The molecule has 0 saturated heterocycles. The van der Waals surface area contributed by atoms with Gasteiger partial charge in [0.15, 0.2) is 0 Å². The first-order valence-electron chi connectivity index (χ1n) is 7.48. The van der Waals surface area contributed by atoms with Crippen LogP contribution in [-0.4, -0.2) is 20.9 Å². The van der Waals surface area contributed by atoms with E-state index in [4.69, 9.17) is 16.7 Å². The maximum Gasteiger partial charge on any atom is 0.328 e. The van der Waals surface area contributed by atoms with Crippen molar-refractivity contribution in [3.63, 3.8) is 0 Å². The first kappa shape index (κ1) is 18.0. The minimum absolute atomic E-state index is 0.0207. The number of hydrogen-bond acceptors (Lipinski definition) is 2. The van der Waals surface area contributed by atoms with Crippen LogP contribution < -0.4 is 0 Å². The molecule has 0 atom stereocenters. The third-order valence-corrected chi connectivity index (χ3v) is 4.01. The SMILES string of the molecule is O=C(O)/C=C/c1nn(Cc2ccc(Cl)cc2F)c2cc(C(F)F)ccc12. The van der Waals surface area contributed by atoms with Crippen molar-refractivity contribution in [1.82, 2.24) is 9.78 Å². The Bertz CT molecular complexity index is 1020. The van der Waals surface area contributed by atoms with Crippen molar-refractivity contribution in [3.05, 3.63) is 70.1 Å². The summed E-state index contributed by atoms with van der Waals surface area (Å²) in [4.78, 5) is 10.7. The van der Waals surface area contributed by atoms with E-state index < -0.39 is 18.2 Å². The molecule has 1 aromatic heterocycles. The van der Waals surface area contributed by atoms with E-state index in [9.17, 15) is 18.0 Å². The Labute approximate surface area is 151 Å². The molecule has 3 rings (SSSR count). The number of carboxylic acid groups (broad SMARTS) is 1. The van der Waals surface area contributed by atoms with Crippen LogP contribution >= 0.6 is 11.6 Å². The molecule has 134 valence electrons. The molecule has 0 bridgehead atoms. The van der Waals surface area contributed by atoms with Crippen molar-refractivity contribution in [2.45, 2.75) is 13.0 Å². The van der Waals surface area contributed by atoms with Gasteiger partial charge in [-0.15, -0.1) is 0 Å². The Balaban J connectivity index is 2.12. The number of fused-ring (bicyclic) bond motifs is 1. The lowest BCUT2D eigenvalue weighted by Crippen LogP contribution is -2.04. The van der Waals surface area contributed by atoms with E-state index in [0.717, 1.165) is 12.1 Å². The van der Waals surface area contributed by atoms with Gasteiger partial charge in [0.1, 0.15) is 5.82 Å². The maximum absolute atomic E-state index is 14.1. The number of benzene rings is 2. The Morgan fingerprint density at radius 1 is 1.27 bits per heavy atom. The summed E-state index contributed by atoms with van der Waals surface area (Å²) in [5.41, 5.74) is 0.707. The number of alkyl halides is 2. The van der Waals surface area contributed by atoms with Gasteiger partial charge in [-0.1, -0.05) is 29.8 Å². The summed E-state index contributed by atoms with van der Waals surface area (Å²) >= 11 is 5.74. The lowest BCUT2D eigenvalue weighted by Gasteiger charge is -2.07. The molecule has 0 unspecified atom stereocenters. The van der Waals surface area contributed by atoms with E-state index in [1.54, 1.807) is 0 Å². The van der Waals surface area contributed by atoms with Crippen LogP contribution in [0, 0.1) is 5.82 Å². The molecule has 3 aromatic rings. The third kappa shape index (κ3) is 3.72. The number of hydrogen-bond donors (Lipinski definition) is 1. The van der Waals surface area contributed by atoms with Gasteiger partial charge in [-0.3, -0.25) is 4.68 Å². The second-order valence-corrected chi connectivity index (χ2v) is 5.96. The van der Waals surface area contributed by atoms with Crippen LogP contribution in [0.3, 0.4) is 0 Å². The lowest BCUT2D eigenvalue weighted by molar-refractivity contribution is -0.131. The van der Waals surface area contributed by atoms with Crippen molar-refractivity contribution in [3.8, 4) is 0 Å². The van der Waals surface area contributed by atoms with Crippen molar-refractivity contribution in [2.24, 2.45) is 0 Å². The molecule has 1 heterocycles. The number of nitrogens with zero attached hydrogens (tertiary/aromatic N) is 2. The van der Waals surface area contributed by atoms with Gasteiger partial charge in [-0.05, 0) is 24.3 Å². The van der Waals surface area contributed by atoms with Crippen molar-refractivity contribution in [2.75, 3.05) is 0 Å². The molecular formula is C18H12ClF3N2O2. The summed E-state index contributed by atoms with van der Waals surface area (Å²) in [5.74, 6) is -1.71. The normalized spacial score (nSPS) is 11.7. The van der Waals surface area contributed by atoms with Crippen LogP contribution in [0.2, 0.25) is 5.02 Å². The summed E-state index contributed by atoms with van der Waals surface area (Å²) in [6.45, 7) is -0.0207. The Kier molecular flexibility index (Phi) is 4.99. The van der Waals surface area contributed by atoms with Gasteiger partial charge in [0.25, 0.3) is 6.43 Å². The van der Waals surface area contributed by atoms with E-state index in [1.807, 2.05) is 0 Å². The predicted octanol–water partition coefficient (Wildman–Crippen LogP) is 4.91. The second kappa shape index (κ2) is 7.21. The zero-order chi connectivity index (χ0) is 18.8. The van der Waals surface area contributed by atoms with Gasteiger partial charge in [0.05, 0.1) is 17.8 Å². The van der Waals surface area contributed by atoms with E-state index in [2.05, 4.69) is 5.10 Å². The molecule has 0 saturated carbocycles. The third-order valence-electron chi connectivity index (χ3n) is 3.78. The van der Waals surface area contributed by atoms with Gasteiger partial charge >= 0.3 is 5.97 Å². The predicted molar refractivity (Wildman–Crippen MR) is 91.9 cm³/mol. The smallest absolute Gasteiger partial charge is 0.328 e. The fraction of sp³-hybridized carbons (Fsp3) is 0.111. The minimum atomic E-state index is -2.67. The topological polar surface area (TPSA) is 55.1 Å². The average molecular weight is 381 g/mol. The van der Waals surface area contributed by atoms with Crippen LogP contribution in [0.4, 0.5) is 13.2 Å². The summed E-state index contributed by atoms with van der Waals surface area (Å²) in [6.07, 6.45) is -0.509. The van der Waals surface area contributed by atoms with Crippen LogP contribution in [0.25, 0.3) is 17.0 Å². The highest BCUT2D eigenvalue weighted by Gasteiger charge is 2.15. The number of rotatable bonds is 5. The van der Waals surface area contributed by atoms with Crippen LogP contribution in [-0.2, 0) is 11.3 Å². The molecule has 2 aromatic carbocycles. The van der Waals surface area contributed by atoms with Gasteiger partial charge in [0, 0.05) is 27.6 Å². The quantitative estimate of drug-likeness (QED) is 0.640. The molecule has 0 fully saturated rings. The van der Waals surface area contributed by atoms with Gasteiger partial charge < -0.3 is 5.11 Å². The summed E-state index contributed by atoms with van der Waals surface area (Å²) in [6, 6.07) is 8.10. The Hall–Kier alpha value is -2.80. The van der Waals surface area contributed by atoms with E-state index >= 15 is 0 Å². The number of aromatic nitrogens is 2. The van der Waals surface area contributed by atoms with E-state index in [1.165, 1.54) is 41.1 Å². The fourth-order valence-corrected chi connectivity index (χ4v) is 2.72. The molecule has 0 aliphatic heterocycles. The Morgan fingerprint density at radius 3 is 2.69 bits per heavy atom. The highest BCUT2D eigenvalue weighted by molar-refractivity contribution is 6.30. The number of halogens is 4. The van der Waals surface area contributed by atoms with Crippen LogP contribution in [0.15, 0.2) is 42.5 Å². The molecule has 26 heavy (non-hydrogen) atoms. The number of carbonyl (C=O) groups is 1. The van der Waals surface area contributed by atoms with E-state index in [-0.39, 0.29) is 28.4 Å². The molecule has 0 aliphatic rings. The zero-order valence-corrected chi connectivity index (χ0v) is 13.9. The fourth-order valence-electron chi connectivity index (χ4n) is 2.56. The van der Waals surface area contributed by atoms with Gasteiger partial charge in [-0.25, -0.2) is 18.0 Å². The minimum Gasteiger partial charge on any atom is -0.478 e. The average Bonchev–Trinajstić information content (AvgIpc) is 2.92. The van der Waals surface area contributed by atoms with Crippen molar-refractivity contribution < 1.29 is 23.1 Å². The summed E-state index contributed by atoms with van der Waals surface area (Å²) in [5, 5.41) is 13.8. The zero-order valence-electron chi connectivity index (χ0n) is 13.2. The first-order valence-corrected chi connectivity index (χ1v) is 7.86. The molecular weight excluding hydrogens is 369 g/mol. The highest BCUT2D eigenvalue weighted by Crippen LogP contribution is 2.27. The largest absolute Gasteiger partial charge is 0.478 e. The number of carboxylic acids is 1. The summed E-state index contributed by atoms with van der Waals surface area (Å²) in [7, 11) is 0. The van der Waals surface area contributed by atoms with E-state index in [0.29, 0.717) is 10.9 Å². The first-order chi connectivity index (χ1) is 12.3. The van der Waals surface area contributed by atoms with Gasteiger partial charge in [-0.2, -0.15) is 5.10 Å². The summed E-state index contributed by atoms with van der Waals surface area (Å²) < 4.78 is 41.5.